The molecule has 0 radical (unpaired) electrons. The Bertz CT molecular complexity index is 592. The lowest BCUT2D eigenvalue weighted by Gasteiger charge is -2.08. The summed E-state index contributed by atoms with van der Waals surface area (Å²) in [5.74, 6) is 6.23. The van der Waals surface area contributed by atoms with Gasteiger partial charge in [-0.25, -0.2) is 15.8 Å². The van der Waals surface area contributed by atoms with E-state index in [4.69, 9.17) is 5.84 Å². The van der Waals surface area contributed by atoms with Gasteiger partial charge in [-0.1, -0.05) is 19.1 Å². The number of hydrazine groups is 1. The van der Waals surface area contributed by atoms with Crippen LogP contribution in [0.2, 0.25) is 0 Å². The summed E-state index contributed by atoms with van der Waals surface area (Å²) in [6.07, 6.45) is 0.701. The molecule has 0 spiro atoms. The molecule has 1 aromatic heterocycles. The Kier molecular flexibility index (Phi) is 4.69. The Balaban J connectivity index is 2.30. The molecule has 2 aromatic rings. The Morgan fingerprint density at radius 2 is 1.86 bits per heavy atom. The van der Waals surface area contributed by atoms with Crippen LogP contribution in [0.25, 0.3) is 11.4 Å². The lowest BCUT2D eigenvalue weighted by atomic mass is 10.2. The molecule has 1 aromatic carbocycles. The van der Waals surface area contributed by atoms with Crippen LogP contribution in [0.4, 0.5) is 19.0 Å². The maximum Gasteiger partial charge on any atom is 0.446 e. The topological polar surface area (TPSA) is 63.8 Å². The van der Waals surface area contributed by atoms with Gasteiger partial charge in [-0.3, -0.25) is 0 Å². The van der Waals surface area contributed by atoms with Crippen LogP contribution in [0.3, 0.4) is 0 Å². The third kappa shape index (κ3) is 4.33. The van der Waals surface area contributed by atoms with Crippen LogP contribution in [-0.2, 0) is 6.42 Å². The number of nitrogens with zero attached hydrogens (tertiary/aromatic N) is 2. The van der Waals surface area contributed by atoms with Gasteiger partial charge in [0.05, 0.1) is 0 Å². The molecule has 0 amide bonds. The molecule has 0 atom stereocenters. The van der Waals surface area contributed by atoms with Gasteiger partial charge in [-0.15, -0.1) is 0 Å². The van der Waals surface area contributed by atoms with Crippen LogP contribution < -0.4 is 11.3 Å². The van der Waals surface area contributed by atoms with E-state index in [9.17, 15) is 13.2 Å². The zero-order chi connectivity index (χ0) is 15.5. The number of halogens is 3. The van der Waals surface area contributed by atoms with E-state index in [0.29, 0.717) is 23.6 Å². The summed E-state index contributed by atoms with van der Waals surface area (Å²) in [5.41, 5.74) is -0.419. The maximum absolute atomic E-state index is 12.3. The molecule has 1 heterocycles. The zero-order valence-corrected chi connectivity index (χ0v) is 11.9. The first-order valence-electron chi connectivity index (χ1n) is 6.12. The van der Waals surface area contributed by atoms with Crippen LogP contribution in [0.5, 0.6) is 0 Å². The molecular formula is C13H13F3N4S. The highest BCUT2D eigenvalue weighted by molar-refractivity contribution is 8.00. The minimum Gasteiger partial charge on any atom is -0.308 e. The summed E-state index contributed by atoms with van der Waals surface area (Å²) in [6, 6.07) is 7.62. The third-order valence-corrected chi connectivity index (χ3v) is 3.37. The summed E-state index contributed by atoms with van der Waals surface area (Å²) in [4.78, 5) is 8.66. The molecule has 0 aliphatic heterocycles. The molecule has 0 saturated heterocycles. The second kappa shape index (κ2) is 6.31. The number of rotatable bonds is 4. The summed E-state index contributed by atoms with van der Waals surface area (Å²) in [7, 11) is 0. The first kappa shape index (κ1) is 15.6. The third-order valence-electron chi connectivity index (χ3n) is 2.64. The molecule has 21 heavy (non-hydrogen) atoms. The van der Waals surface area contributed by atoms with Gasteiger partial charge in [-0.05, 0) is 30.3 Å². The van der Waals surface area contributed by atoms with E-state index in [0.717, 1.165) is 5.69 Å². The summed E-state index contributed by atoms with van der Waals surface area (Å²) >= 11 is -0.153. The second-order valence-electron chi connectivity index (χ2n) is 4.14. The largest absolute Gasteiger partial charge is 0.446 e. The highest BCUT2D eigenvalue weighted by Gasteiger charge is 2.29. The molecule has 0 fully saturated rings. The fourth-order valence-electron chi connectivity index (χ4n) is 1.69. The molecular weight excluding hydrogens is 301 g/mol. The molecule has 0 bridgehead atoms. The van der Waals surface area contributed by atoms with E-state index < -0.39 is 5.51 Å². The van der Waals surface area contributed by atoms with Crippen molar-refractivity contribution in [2.45, 2.75) is 23.7 Å². The molecule has 0 saturated carbocycles. The zero-order valence-electron chi connectivity index (χ0n) is 11.1. The van der Waals surface area contributed by atoms with Gasteiger partial charge in [-0.2, -0.15) is 13.2 Å². The van der Waals surface area contributed by atoms with Gasteiger partial charge < -0.3 is 5.43 Å². The van der Waals surface area contributed by atoms with E-state index >= 15 is 0 Å². The number of alkyl halides is 3. The van der Waals surface area contributed by atoms with Crippen molar-refractivity contribution in [3.63, 3.8) is 0 Å². The summed E-state index contributed by atoms with van der Waals surface area (Å²) in [6.45, 7) is 1.94. The summed E-state index contributed by atoms with van der Waals surface area (Å²) < 4.78 is 36.8. The lowest BCUT2D eigenvalue weighted by Crippen LogP contribution is -2.10. The summed E-state index contributed by atoms with van der Waals surface area (Å²) in [5, 5.41) is 0. The van der Waals surface area contributed by atoms with Gasteiger partial charge in [0.15, 0.2) is 5.82 Å². The van der Waals surface area contributed by atoms with E-state index in [1.807, 2.05) is 6.92 Å². The van der Waals surface area contributed by atoms with E-state index in [1.54, 1.807) is 18.2 Å². The van der Waals surface area contributed by atoms with Crippen molar-refractivity contribution in [3.05, 3.63) is 36.0 Å². The number of benzene rings is 1. The fraction of sp³-hybridized carbons (Fsp3) is 0.231. The van der Waals surface area contributed by atoms with Crippen molar-refractivity contribution in [1.82, 2.24) is 9.97 Å². The molecule has 0 unspecified atom stereocenters. The molecule has 3 N–H and O–H groups in total. The quantitative estimate of drug-likeness (QED) is 0.513. The van der Waals surface area contributed by atoms with Gasteiger partial charge >= 0.3 is 5.51 Å². The molecule has 4 nitrogen and oxygen atoms in total. The van der Waals surface area contributed by atoms with Crippen LogP contribution >= 0.6 is 11.8 Å². The molecule has 2 rings (SSSR count). The van der Waals surface area contributed by atoms with Crippen molar-refractivity contribution in [3.8, 4) is 11.4 Å². The van der Waals surface area contributed by atoms with Gasteiger partial charge in [0, 0.05) is 22.2 Å². The van der Waals surface area contributed by atoms with E-state index in [1.165, 1.54) is 12.1 Å². The number of nitrogen functional groups attached to an aromatic ring is 1. The van der Waals surface area contributed by atoms with Crippen LogP contribution in [0.15, 0.2) is 35.2 Å². The van der Waals surface area contributed by atoms with Crippen LogP contribution in [0, 0.1) is 0 Å². The Morgan fingerprint density at radius 1 is 1.19 bits per heavy atom. The lowest BCUT2D eigenvalue weighted by molar-refractivity contribution is -0.0328. The number of nitrogens with two attached hydrogens (primary N) is 1. The number of anilines is 1. The Morgan fingerprint density at radius 3 is 2.38 bits per heavy atom. The predicted molar refractivity (Wildman–Crippen MR) is 76.6 cm³/mol. The molecule has 112 valence electrons. The normalized spacial score (nSPS) is 11.5. The van der Waals surface area contributed by atoms with Crippen molar-refractivity contribution in [2.24, 2.45) is 5.84 Å². The average Bonchev–Trinajstić information content (AvgIpc) is 2.45. The van der Waals surface area contributed by atoms with Crippen molar-refractivity contribution in [2.75, 3.05) is 5.43 Å². The predicted octanol–water partition coefficient (Wildman–Crippen LogP) is 3.60. The molecule has 8 heteroatoms. The number of hydrogen-bond donors (Lipinski definition) is 2. The second-order valence-corrected chi connectivity index (χ2v) is 5.28. The average molecular weight is 314 g/mol. The molecule has 0 aliphatic carbocycles. The standard InChI is InChI=1S/C13H13F3N4S/c1-2-9-7-11(20-17)19-12(18-9)8-3-5-10(6-4-8)21-13(14,15)16/h3-7H,2,17H2,1H3,(H,18,19,20). The van der Waals surface area contributed by atoms with Crippen LogP contribution in [0.1, 0.15) is 12.6 Å². The SMILES string of the molecule is CCc1cc(NN)nc(-c2ccc(SC(F)(F)F)cc2)n1. The van der Waals surface area contributed by atoms with Gasteiger partial charge in [0.25, 0.3) is 0 Å². The number of thioether (sulfide) groups is 1. The number of aromatic nitrogens is 2. The minimum absolute atomic E-state index is 0.120. The van der Waals surface area contributed by atoms with E-state index in [2.05, 4.69) is 15.4 Å². The smallest absolute Gasteiger partial charge is 0.308 e. The number of nitrogens with one attached hydrogen (secondary N) is 1. The van der Waals surface area contributed by atoms with Gasteiger partial charge in [0.2, 0.25) is 0 Å². The van der Waals surface area contributed by atoms with Crippen molar-refractivity contribution < 1.29 is 13.2 Å². The molecule has 0 aliphatic rings. The maximum atomic E-state index is 12.3. The number of aryl methyl sites for hydroxylation is 1. The highest BCUT2D eigenvalue weighted by atomic mass is 32.2. The first-order valence-corrected chi connectivity index (χ1v) is 6.93. The Labute approximate surface area is 124 Å². The first-order chi connectivity index (χ1) is 9.91. The van der Waals surface area contributed by atoms with Crippen molar-refractivity contribution in [1.29, 1.82) is 0 Å². The van der Waals surface area contributed by atoms with Crippen molar-refractivity contribution >= 4 is 17.6 Å². The van der Waals surface area contributed by atoms with Gasteiger partial charge in [0.1, 0.15) is 5.82 Å². The highest BCUT2D eigenvalue weighted by Crippen LogP contribution is 2.37. The number of hydrogen-bond acceptors (Lipinski definition) is 5. The fourth-order valence-corrected chi connectivity index (χ4v) is 2.23. The monoisotopic (exact) mass is 314 g/mol. The minimum atomic E-state index is -4.29. The van der Waals surface area contributed by atoms with E-state index in [-0.39, 0.29) is 16.7 Å². The Hall–Kier alpha value is -1.80. The van der Waals surface area contributed by atoms with Crippen LogP contribution in [-0.4, -0.2) is 15.5 Å².